The highest BCUT2D eigenvalue weighted by Gasteiger charge is 2.10. The minimum absolute atomic E-state index is 0.722. The zero-order valence-electron chi connectivity index (χ0n) is 11.0. The molecule has 3 rings (SSSR count). The van der Waals surface area contributed by atoms with Crippen molar-refractivity contribution in [3.8, 4) is 11.3 Å². The van der Waals surface area contributed by atoms with Crippen LogP contribution in [0.2, 0.25) is 0 Å². The van der Waals surface area contributed by atoms with E-state index in [1.54, 1.807) is 0 Å². The Balaban J connectivity index is 2.19. The van der Waals surface area contributed by atoms with Crippen molar-refractivity contribution in [1.82, 2.24) is 10.2 Å². The van der Waals surface area contributed by atoms with Crippen molar-refractivity contribution in [3.63, 3.8) is 0 Å². The van der Waals surface area contributed by atoms with Crippen molar-refractivity contribution in [2.75, 3.05) is 24.7 Å². The predicted octanol–water partition coefficient (Wildman–Crippen LogP) is 2.88. The van der Waals surface area contributed by atoms with Gasteiger partial charge in [-0.25, -0.2) is 0 Å². The number of H-pyrrole nitrogens is 1. The van der Waals surface area contributed by atoms with E-state index in [0.717, 1.165) is 33.5 Å². The minimum Gasteiger partial charge on any atom is -0.397 e. The normalized spacial score (nSPS) is 10.8. The van der Waals surface area contributed by atoms with Crippen molar-refractivity contribution < 1.29 is 0 Å². The number of nitrogens with zero attached hydrogens (tertiary/aromatic N) is 2. The molecule has 0 radical (unpaired) electrons. The molecule has 0 aliphatic carbocycles. The Kier molecular flexibility index (Phi) is 2.63. The molecule has 1 heterocycles. The lowest BCUT2D eigenvalue weighted by molar-refractivity contribution is 1.12. The summed E-state index contributed by atoms with van der Waals surface area (Å²) in [5, 5.41) is 8.47. The third-order valence-corrected chi connectivity index (χ3v) is 3.27. The van der Waals surface area contributed by atoms with Gasteiger partial charge in [-0.15, -0.1) is 0 Å². The zero-order valence-corrected chi connectivity index (χ0v) is 11.0. The van der Waals surface area contributed by atoms with Crippen LogP contribution in [0, 0.1) is 0 Å². The molecule has 3 N–H and O–H groups in total. The van der Waals surface area contributed by atoms with Gasteiger partial charge in [-0.1, -0.05) is 24.3 Å². The molecular formula is C15H16N4. The molecule has 0 amide bonds. The standard InChI is InChI=1S/C15H16N4/c1-19(2)11-6-3-5-10(9-11)14-12-7-4-8-13(16)15(12)18-17-14/h3-9H,16H2,1-2H3,(H,17,18). The molecule has 4 heteroatoms. The summed E-state index contributed by atoms with van der Waals surface area (Å²) in [6.07, 6.45) is 0. The summed E-state index contributed by atoms with van der Waals surface area (Å²) >= 11 is 0. The third-order valence-electron chi connectivity index (χ3n) is 3.27. The maximum Gasteiger partial charge on any atom is 0.100 e. The highest BCUT2D eigenvalue weighted by Crippen LogP contribution is 2.30. The second kappa shape index (κ2) is 4.31. The van der Waals surface area contributed by atoms with E-state index in [1.807, 2.05) is 38.4 Å². The molecule has 2 aromatic carbocycles. The van der Waals surface area contributed by atoms with Crippen molar-refractivity contribution in [2.24, 2.45) is 0 Å². The van der Waals surface area contributed by atoms with Crippen LogP contribution in [0.5, 0.6) is 0 Å². The summed E-state index contributed by atoms with van der Waals surface area (Å²) in [6, 6.07) is 14.2. The minimum atomic E-state index is 0.722. The van der Waals surface area contributed by atoms with Gasteiger partial charge in [-0.05, 0) is 18.2 Å². The molecule has 0 atom stereocenters. The molecular weight excluding hydrogens is 236 g/mol. The molecule has 0 unspecified atom stereocenters. The Morgan fingerprint density at radius 3 is 2.68 bits per heavy atom. The Hall–Kier alpha value is -2.49. The van der Waals surface area contributed by atoms with Crippen molar-refractivity contribution in [3.05, 3.63) is 42.5 Å². The number of nitrogen functional groups attached to an aromatic ring is 1. The molecule has 0 aliphatic rings. The van der Waals surface area contributed by atoms with Crippen LogP contribution in [0.4, 0.5) is 11.4 Å². The summed E-state index contributed by atoms with van der Waals surface area (Å²) in [5.74, 6) is 0. The fourth-order valence-corrected chi connectivity index (χ4v) is 2.22. The summed E-state index contributed by atoms with van der Waals surface area (Å²) in [5.41, 5.74) is 10.7. The second-order valence-electron chi connectivity index (χ2n) is 4.79. The van der Waals surface area contributed by atoms with Gasteiger partial charge in [0, 0.05) is 30.7 Å². The molecule has 0 saturated heterocycles. The average molecular weight is 252 g/mol. The number of aromatic nitrogens is 2. The quantitative estimate of drug-likeness (QED) is 0.689. The van der Waals surface area contributed by atoms with Gasteiger partial charge in [0.1, 0.15) is 5.69 Å². The number of anilines is 2. The van der Waals surface area contributed by atoms with Crippen LogP contribution in [0.3, 0.4) is 0 Å². The van der Waals surface area contributed by atoms with Crippen LogP contribution in [0.15, 0.2) is 42.5 Å². The molecule has 96 valence electrons. The number of para-hydroxylation sites is 1. The van der Waals surface area contributed by atoms with E-state index in [-0.39, 0.29) is 0 Å². The number of benzene rings is 2. The number of nitrogens with two attached hydrogens (primary N) is 1. The summed E-state index contributed by atoms with van der Waals surface area (Å²) in [7, 11) is 4.06. The SMILES string of the molecule is CN(C)c1cccc(-c2n[nH]c3c(N)cccc23)c1. The van der Waals surface area contributed by atoms with Gasteiger partial charge in [0.25, 0.3) is 0 Å². The molecule has 0 bridgehead atoms. The number of nitrogens with one attached hydrogen (secondary N) is 1. The van der Waals surface area contributed by atoms with Crippen LogP contribution in [-0.2, 0) is 0 Å². The van der Waals surface area contributed by atoms with Gasteiger partial charge >= 0.3 is 0 Å². The van der Waals surface area contributed by atoms with Gasteiger partial charge in [0.2, 0.25) is 0 Å². The van der Waals surface area contributed by atoms with E-state index >= 15 is 0 Å². The number of hydrogen-bond donors (Lipinski definition) is 2. The molecule has 0 spiro atoms. The largest absolute Gasteiger partial charge is 0.397 e. The van der Waals surface area contributed by atoms with Crippen molar-refractivity contribution in [2.45, 2.75) is 0 Å². The number of hydrogen-bond acceptors (Lipinski definition) is 3. The average Bonchev–Trinajstić information content (AvgIpc) is 2.84. The third kappa shape index (κ3) is 1.91. The number of fused-ring (bicyclic) bond motifs is 1. The van der Waals surface area contributed by atoms with Gasteiger partial charge in [-0.3, -0.25) is 5.10 Å². The number of rotatable bonds is 2. The maximum atomic E-state index is 5.95. The maximum absolute atomic E-state index is 5.95. The van der Waals surface area contributed by atoms with Crippen LogP contribution in [-0.4, -0.2) is 24.3 Å². The monoisotopic (exact) mass is 252 g/mol. The van der Waals surface area contributed by atoms with Crippen LogP contribution < -0.4 is 10.6 Å². The molecule has 0 saturated carbocycles. The summed E-state index contributed by atoms with van der Waals surface area (Å²) in [6.45, 7) is 0. The van der Waals surface area contributed by atoms with Crippen molar-refractivity contribution in [1.29, 1.82) is 0 Å². The highest BCUT2D eigenvalue weighted by atomic mass is 15.1. The first-order valence-corrected chi connectivity index (χ1v) is 6.17. The lowest BCUT2D eigenvalue weighted by Gasteiger charge is -2.13. The van der Waals surface area contributed by atoms with E-state index in [4.69, 9.17) is 5.73 Å². The van der Waals surface area contributed by atoms with Gasteiger partial charge in [0.05, 0.1) is 11.2 Å². The molecule has 3 aromatic rings. The smallest absolute Gasteiger partial charge is 0.100 e. The molecule has 4 nitrogen and oxygen atoms in total. The fourth-order valence-electron chi connectivity index (χ4n) is 2.22. The first kappa shape index (κ1) is 11.6. The number of aromatic amines is 1. The lowest BCUT2D eigenvalue weighted by atomic mass is 10.1. The Labute approximate surface area is 111 Å². The Morgan fingerprint density at radius 2 is 1.89 bits per heavy atom. The summed E-state index contributed by atoms with van der Waals surface area (Å²) in [4.78, 5) is 2.08. The van der Waals surface area contributed by atoms with E-state index in [0.29, 0.717) is 0 Å². The second-order valence-corrected chi connectivity index (χ2v) is 4.79. The van der Waals surface area contributed by atoms with Crippen LogP contribution in [0.1, 0.15) is 0 Å². The first-order valence-electron chi connectivity index (χ1n) is 6.17. The van der Waals surface area contributed by atoms with E-state index < -0.39 is 0 Å². The van der Waals surface area contributed by atoms with Crippen LogP contribution >= 0.6 is 0 Å². The Bertz CT molecular complexity index is 728. The predicted molar refractivity (Wildman–Crippen MR) is 80.3 cm³/mol. The van der Waals surface area contributed by atoms with Crippen LogP contribution in [0.25, 0.3) is 22.2 Å². The van der Waals surface area contributed by atoms with Gasteiger partial charge < -0.3 is 10.6 Å². The highest BCUT2D eigenvalue weighted by molar-refractivity contribution is 5.99. The van der Waals surface area contributed by atoms with E-state index in [2.05, 4.69) is 33.3 Å². The molecule has 1 aromatic heterocycles. The molecule has 0 aliphatic heterocycles. The summed E-state index contributed by atoms with van der Waals surface area (Å²) < 4.78 is 0. The topological polar surface area (TPSA) is 57.9 Å². The van der Waals surface area contributed by atoms with Gasteiger partial charge in [0.15, 0.2) is 0 Å². The molecule has 0 fully saturated rings. The van der Waals surface area contributed by atoms with Gasteiger partial charge in [-0.2, -0.15) is 5.10 Å². The van der Waals surface area contributed by atoms with Crippen molar-refractivity contribution >= 4 is 22.3 Å². The van der Waals surface area contributed by atoms with E-state index in [1.165, 1.54) is 0 Å². The van der Waals surface area contributed by atoms with E-state index in [9.17, 15) is 0 Å². The lowest BCUT2D eigenvalue weighted by Crippen LogP contribution is -2.08. The fraction of sp³-hybridized carbons (Fsp3) is 0.133. The Morgan fingerprint density at radius 1 is 1.11 bits per heavy atom. The zero-order chi connectivity index (χ0) is 13.4. The molecule has 19 heavy (non-hydrogen) atoms. The first-order chi connectivity index (χ1) is 9.16.